The van der Waals surface area contributed by atoms with Crippen molar-refractivity contribution in [2.75, 3.05) is 12.3 Å². The van der Waals surface area contributed by atoms with Gasteiger partial charge in [-0.1, -0.05) is 22.9 Å². The lowest BCUT2D eigenvalue weighted by molar-refractivity contribution is -0.384. The Morgan fingerprint density at radius 1 is 1.58 bits per heavy atom. The lowest BCUT2D eigenvalue weighted by atomic mass is 9.96. The highest BCUT2D eigenvalue weighted by Crippen LogP contribution is 2.37. The maximum absolute atomic E-state index is 11.0. The fourth-order valence-electron chi connectivity index (χ4n) is 2.52. The SMILES string of the molecule is CCC(C)N1CCc2c(Br)cc([N+](=O)[O-])c(N)c2C1. The molecule has 1 aromatic rings. The summed E-state index contributed by atoms with van der Waals surface area (Å²) in [4.78, 5) is 12.9. The zero-order valence-electron chi connectivity index (χ0n) is 11.1. The number of hydrogen-bond donors (Lipinski definition) is 1. The number of hydrogen-bond acceptors (Lipinski definition) is 4. The molecule has 1 heterocycles. The fraction of sp³-hybridized carbons (Fsp3) is 0.538. The first-order valence-electron chi connectivity index (χ1n) is 6.43. The number of nitro groups is 1. The minimum absolute atomic E-state index is 0.00312. The lowest BCUT2D eigenvalue weighted by Crippen LogP contribution is -2.37. The standard InChI is InChI=1S/C13H18BrN3O2/c1-3-8(2)16-5-4-9-10(7-16)13(15)12(17(18)19)6-11(9)14/h6,8H,3-5,7,15H2,1-2H3. The van der Waals surface area contributed by atoms with E-state index in [2.05, 4.69) is 34.7 Å². The molecule has 0 amide bonds. The molecule has 0 fully saturated rings. The predicted octanol–water partition coefficient (Wildman–Crippen LogP) is 3.10. The number of rotatable bonds is 3. The minimum Gasteiger partial charge on any atom is -0.393 e. The third-order valence-electron chi connectivity index (χ3n) is 3.94. The largest absolute Gasteiger partial charge is 0.393 e. The van der Waals surface area contributed by atoms with Crippen LogP contribution < -0.4 is 5.73 Å². The molecule has 19 heavy (non-hydrogen) atoms. The van der Waals surface area contributed by atoms with Gasteiger partial charge in [-0.05, 0) is 25.3 Å². The second-order valence-electron chi connectivity index (χ2n) is 4.98. The number of fused-ring (bicyclic) bond motifs is 1. The van der Waals surface area contributed by atoms with Crippen molar-refractivity contribution in [1.82, 2.24) is 4.90 Å². The Balaban J connectivity index is 2.45. The number of nitro benzene ring substituents is 1. The maximum atomic E-state index is 11.0. The van der Waals surface area contributed by atoms with Gasteiger partial charge >= 0.3 is 0 Å². The molecule has 1 unspecified atom stereocenters. The topological polar surface area (TPSA) is 72.4 Å². The molecule has 6 heteroatoms. The van der Waals surface area contributed by atoms with Gasteiger partial charge in [0, 0.05) is 35.2 Å². The van der Waals surface area contributed by atoms with Crippen LogP contribution in [0.25, 0.3) is 0 Å². The van der Waals surface area contributed by atoms with Crippen molar-refractivity contribution in [3.63, 3.8) is 0 Å². The van der Waals surface area contributed by atoms with Crippen molar-refractivity contribution in [1.29, 1.82) is 0 Å². The van der Waals surface area contributed by atoms with E-state index in [0.717, 1.165) is 35.0 Å². The van der Waals surface area contributed by atoms with Crippen molar-refractivity contribution in [3.05, 3.63) is 31.8 Å². The highest BCUT2D eigenvalue weighted by molar-refractivity contribution is 9.10. The maximum Gasteiger partial charge on any atom is 0.293 e. The molecule has 0 spiro atoms. The van der Waals surface area contributed by atoms with Gasteiger partial charge in [-0.15, -0.1) is 0 Å². The molecule has 0 radical (unpaired) electrons. The molecule has 5 nitrogen and oxygen atoms in total. The molecule has 1 atom stereocenters. The average molecular weight is 328 g/mol. The Kier molecular flexibility index (Phi) is 4.10. The van der Waals surface area contributed by atoms with Gasteiger partial charge in [0.1, 0.15) is 5.69 Å². The highest BCUT2D eigenvalue weighted by Gasteiger charge is 2.27. The summed E-state index contributed by atoms with van der Waals surface area (Å²) < 4.78 is 0.798. The van der Waals surface area contributed by atoms with Crippen LogP contribution in [0.2, 0.25) is 0 Å². The van der Waals surface area contributed by atoms with Crippen LogP contribution >= 0.6 is 15.9 Å². The first-order valence-corrected chi connectivity index (χ1v) is 7.23. The van der Waals surface area contributed by atoms with Gasteiger partial charge in [-0.2, -0.15) is 0 Å². The summed E-state index contributed by atoms with van der Waals surface area (Å²) >= 11 is 3.43. The second kappa shape index (κ2) is 5.46. The number of halogens is 1. The van der Waals surface area contributed by atoms with E-state index in [-0.39, 0.29) is 5.69 Å². The van der Waals surface area contributed by atoms with Crippen LogP contribution in [0.4, 0.5) is 11.4 Å². The Morgan fingerprint density at radius 3 is 2.84 bits per heavy atom. The number of nitrogen functional groups attached to an aromatic ring is 1. The van der Waals surface area contributed by atoms with Crippen LogP contribution in [0.15, 0.2) is 10.5 Å². The number of nitrogens with zero attached hydrogens (tertiary/aromatic N) is 2. The average Bonchev–Trinajstić information content (AvgIpc) is 2.41. The Hall–Kier alpha value is -1.14. The quantitative estimate of drug-likeness (QED) is 0.526. The first kappa shape index (κ1) is 14.3. The van der Waals surface area contributed by atoms with E-state index in [1.165, 1.54) is 6.07 Å². The summed E-state index contributed by atoms with van der Waals surface area (Å²) in [6.45, 7) is 5.98. The van der Waals surface area contributed by atoms with E-state index in [9.17, 15) is 10.1 Å². The summed E-state index contributed by atoms with van der Waals surface area (Å²) in [5.41, 5.74) is 8.32. The van der Waals surface area contributed by atoms with Crippen molar-refractivity contribution >= 4 is 27.3 Å². The third kappa shape index (κ3) is 2.60. The number of anilines is 1. The summed E-state index contributed by atoms with van der Waals surface area (Å²) in [5, 5.41) is 11.0. The molecule has 1 aromatic carbocycles. The van der Waals surface area contributed by atoms with Crippen LogP contribution in [-0.2, 0) is 13.0 Å². The summed E-state index contributed by atoms with van der Waals surface area (Å²) in [6.07, 6.45) is 1.94. The third-order valence-corrected chi connectivity index (χ3v) is 4.65. The molecule has 104 valence electrons. The Labute approximate surface area is 121 Å². The summed E-state index contributed by atoms with van der Waals surface area (Å²) in [7, 11) is 0. The van der Waals surface area contributed by atoms with E-state index < -0.39 is 4.92 Å². The van der Waals surface area contributed by atoms with Crippen LogP contribution in [0.3, 0.4) is 0 Å². The molecule has 0 aromatic heterocycles. The molecule has 0 saturated carbocycles. The van der Waals surface area contributed by atoms with Crippen molar-refractivity contribution < 1.29 is 4.92 Å². The lowest BCUT2D eigenvalue weighted by Gasteiger charge is -2.34. The monoisotopic (exact) mass is 327 g/mol. The summed E-state index contributed by atoms with van der Waals surface area (Å²) in [5.74, 6) is 0. The predicted molar refractivity (Wildman–Crippen MR) is 79.1 cm³/mol. The van der Waals surface area contributed by atoms with Crippen molar-refractivity contribution in [2.24, 2.45) is 0 Å². The molecule has 2 N–H and O–H groups in total. The molecule has 0 bridgehead atoms. The van der Waals surface area contributed by atoms with E-state index >= 15 is 0 Å². The van der Waals surface area contributed by atoms with E-state index in [4.69, 9.17) is 5.73 Å². The van der Waals surface area contributed by atoms with Gasteiger partial charge in [0.25, 0.3) is 5.69 Å². The Morgan fingerprint density at radius 2 is 2.26 bits per heavy atom. The van der Waals surface area contributed by atoms with Gasteiger partial charge in [0.05, 0.1) is 4.92 Å². The van der Waals surface area contributed by atoms with E-state index in [0.29, 0.717) is 18.3 Å². The zero-order valence-corrected chi connectivity index (χ0v) is 12.7. The molecule has 0 saturated heterocycles. The van der Waals surface area contributed by atoms with Crippen LogP contribution in [0.1, 0.15) is 31.4 Å². The molecule has 0 aliphatic carbocycles. The van der Waals surface area contributed by atoms with Crippen LogP contribution in [0, 0.1) is 10.1 Å². The van der Waals surface area contributed by atoms with Gasteiger partial charge in [-0.25, -0.2) is 0 Å². The van der Waals surface area contributed by atoms with Gasteiger partial charge in [0.15, 0.2) is 0 Å². The van der Waals surface area contributed by atoms with Crippen molar-refractivity contribution in [2.45, 2.75) is 39.3 Å². The summed E-state index contributed by atoms with van der Waals surface area (Å²) in [6, 6.07) is 1.98. The van der Waals surface area contributed by atoms with Crippen LogP contribution in [0.5, 0.6) is 0 Å². The fourth-order valence-corrected chi connectivity index (χ4v) is 3.17. The van der Waals surface area contributed by atoms with Gasteiger partial charge in [0.2, 0.25) is 0 Å². The molecule has 1 aliphatic rings. The molecular formula is C13H18BrN3O2. The highest BCUT2D eigenvalue weighted by atomic mass is 79.9. The van der Waals surface area contributed by atoms with Crippen LogP contribution in [-0.4, -0.2) is 22.4 Å². The normalized spacial score (nSPS) is 17.0. The van der Waals surface area contributed by atoms with Gasteiger partial charge < -0.3 is 5.73 Å². The minimum atomic E-state index is -0.414. The van der Waals surface area contributed by atoms with Crippen molar-refractivity contribution in [3.8, 4) is 0 Å². The zero-order chi connectivity index (χ0) is 14.2. The molecule has 1 aliphatic heterocycles. The van der Waals surface area contributed by atoms with Gasteiger partial charge in [-0.3, -0.25) is 15.0 Å². The molecular weight excluding hydrogens is 310 g/mol. The first-order chi connectivity index (χ1) is 8.95. The smallest absolute Gasteiger partial charge is 0.293 e. The van der Waals surface area contributed by atoms with E-state index in [1.54, 1.807) is 0 Å². The molecule has 2 rings (SSSR count). The Bertz CT molecular complexity index is 519. The number of nitrogens with two attached hydrogens (primary N) is 1. The second-order valence-corrected chi connectivity index (χ2v) is 5.84. The van der Waals surface area contributed by atoms with E-state index in [1.807, 2.05) is 0 Å². The number of benzene rings is 1.